The number of benzene rings is 1. The first-order valence-electron chi connectivity index (χ1n) is 6.97. The van der Waals surface area contributed by atoms with Gasteiger partial charge in [0.05, 0.1) is 11.0 Å². The molecule has 7 heteroatoms. The first kappa shape index (κ1) is 17.4. The summed E-state index contributed by atoms with van der Waals surface area (Å²) >= 11 is 6.69. The normalized spacial score (nSPS) is 19.7. The minimum atomic E-state index is -3.51. The Morgan fingerprint density at radius 3 is 2.71 bits per heavy atom. The molecule has 0 radical (unpaired) electrons. The molecule has 2 rings (SSSR count). The first-order valence-corrected chi connectivity index (χ1v) is 10.0. The van der Waals surface area contributed by atoms with Crippen molar-refractivity contribution in [1.82, 2.24) is 4.72 Å². The van der Waals surface area contributed by atoms with Gasteiger partial charge in [-0.1, -0.05) is 15.9 Å². The van der Waals surface area contributed by atoms with Gasteiger partial charge in [0.25, 0.3) is 0 Å². The smallest absolute Gasteiger partial charge is 0.241 e. The highest BCUT2D eigenvalue weighted by atomic mass is 79.9. The molecule has 1 aliphatic heterocycles. The monoisotopic (exact) mass is 439 g/mol. The van der Waals surface area contributed by atoms with Crippen LogP contribution in [0.2, 0.25) is 0 Å². The summed E-state index contributed by atoms with van der Waals surface area (Å²) in [6.07, 6.45) is 4.17. The Morgan fingerprint density at radius 2 is 2.05 bits per heavy atom. The number of hydrogen-bond acceptors (Lipinski definition) is 3. The molecular formula is C14H19Br2NO3S. The van der Waals surface area contributed by atoms with Gasteiger partial charge in [0.1, 0.15) is 0 Å². The van der Waals surface area contributed by atoms with Crippen molar-refractivity contribution in [2.24, 2.45) is 0 Å². The van der Waals surface area contributed by atoms with E-state index in [2.05, 4.69) is 36.6 Å². The molecule has 1 atom stereocenters. The van der Waals surface area contributed by atoms with Crippen molar-refractivity contribution in [3.63, 3.8) is 0 Å². The van der Waals surface area contributed by atoms with Gasteiger partial charge < -0.3 is 4.74 Å². The maximum Gasteiger partial charge on any atom is 0.241 e. The molecule has 1 heterocycles. The lowest BCUT2D eigenvalue weighted by molar-refractivity contribution is 0.0123. The van der Waals surface area contributed by atoms with Crippen LogP contribution in [0, 0.1) is 6.92 Å². The van der Waals surface area contributed by atoms with E-state index >= 15 is 0 Å². The van der Waals surface area contributed by atoms with Crippen LogP contribution >= 0.6 is 31.9 Å². The maximum atomic E-state index is 12.4. The lowest BCUT2D eigenvalue weighted by Crippen LogP contribution is -2.29. The van der Waals surface area contributed by atoms with E-state index in [1.165, 1.54) is 0 Å². The maximum absolute atomic E-state index is 12.4. The highest BCUT2D eigenvalue weighted by Gasteiger charge is 2.20. The topological polar surface area (TPSA) is 55.4 Å². The summed E-state index contributed by atoms with van der Waals surface area (Å²) in [5, 5.41) is 0. The molecule has 1 saturated heterocycles. The van der Waals surface area contributed by atoms with E-state index < -0.39 is 10.0 Å². The van der Waals surface area contributed by atoms with Crippen molar-refractivity contribution in [3.05, 3.63) is 26.6 Å². The van der Waals surface area contributed by atoms with E-state index in [0.29, 0.717) is 17.4 Å². The third kappa shape index (κ3) is 4.76. The van der Waals surface area contributed by atoms with Crippen LogP contribution in [-0.2, 0) is 14.8 Å². The van der Waals surface area contributed by atoms with Crippen molar-refractivity contribution in [2.75, 3.05) is 13.2 Å². The first-order chi connectivity index (χ1) is 9.90. The second kappa shape index (κ2) is 7.55. The zero-order valence-electron chi connectivity index (χ0n) is 11.9. The van der Waals surface area contributed by atoms with Gasteiger partial charge in [-0.3, -0.25) is 0 Å². The van der Waals surface area contributed by atoms with E-state index in [9.17, 15) is 8.42 Å². The van der Waals surface area contributed by atoms with Crippen LogP contribution in [0.1, 0.15) is 31.2 Å². The molecule has 0 spiro atoms. The summed E-state index contributed by atoms with van der Waals surface area (Å²) in [6.45, 7) is 3.10. The minimum absolute atomic E-state index is 0.176. The Kier molecular flexibility index (Phi) is 6.25. The van der Waals surface area contributed by atoms with Gasteiger partial charge in [-0.2, -0.15) is 0 Å². The zero-order chi connectivity index (χ0) is 15.5. The standard InChI is InChI=1S/C14H19Br2NO3S/c1-10-8-13(16)14(9-12(10)15)21(18,19)17-6-5-11-4-2-3-7-20-11/h8-9,11,17H,2-7H2,1H3. The third-order valence-electron chi connectivity index (χ3n) is 3.54. The summed E-state index contributed by atoms with van der Waals surface area (Å²) in [5.74, 6) is 0. The molecule has 21 heavy (non-hydrogen) atoms. The number of nitrogens with one attached hydrogen (secondary N) is 1. The van der Waals surface area contributed by atoms with Crippen LogP contribution in [0.5, 0.6) is 0 Å². The Balaban J connectivity index is 1.99. The SMILES string of the molecule is Cc1cc(Br)c(S(=O)(=O)NCCC2CCCCO2)cc1Br. The summed E-state index contributed by atoms with van der Waals surface area (Å²) < 4.78 is 34.3. The highest BCUT2D eigenvalue weighted by molar-refractivity contribution is 9.11. The Labute approximate surface area is 143 Å². The fraction of sp³-hybridized carbons (Fsp3) is 0.571. The summed E-state index contributed by atoms with van der Waals surface area (Å²) in [4.78, 5) is 0.254. The largest absolute Gasteiger partial charge is 0.378 e. The summed E-state index contributed by atoms with van der Waals surface area (Å²) in [7, 11) is -3.51. The highest BCUT2D eigenvalue weighted by Crippen LogP contribution is 2.28. The molecular weight excluding hydrogens is 422 g/mol. The fourth-order valence-electron chi connectivity index (χ4n) is 2.30. The van der Waals surface area contributed by atoms with Crippen molar-refractivity contribution in [2.45, 2.75) is 43.6 Å². The average molecular weight is 441 g/mol. The molecule has 0 bridgehead atoms. The molecule has 0 aliphatic carbocycles. The van der Waals surface area contributed by atoms with Crippen LogP contribution in [0.3, 0.4) is 0 Å². The minimum Gasteiger partial charge on any atom is -0.378 e. The van der Waals surface area contributed by atoms with Crippen molar-refractivity contribution < 1.29 is 13.2 Å². The third-order valence-corrected chi connectivity index (χ3v) is 6.81. The zero-order valence-corrected chi connectivity index (χ0v) is 15.9. The number of rotatable bonds is 5. The van der Waals surface area contributed by atoms with Crippen molar-refractivity contribution in [3.8, 4) is 0 Å². The predicted molar refractivity (Wildman–Crippen MR) is 90.0 cm³/mol. The Bertz CT molecular complexity index is 598. The molecule has 1 aliphatic rings. The van der Waals surface area contributed by atoms with Crippen LogP contribution < -0.4 is 4.72 Å². The number of hydrogen-bond donors (Lipinski definition) is 1. The Morgan fingerprint density at radius 1 is 1.29 bits per heavy atom. The molecule has 0 aromatic heterocycles. The van der Waals surface area contributed by atoms with E-state index in [4.69, 9.17) is 4.74 Å². The summed E-state index contributed by atoms with van der Waals surface area (Å²) in [6, 6.07) is 3.42. The van der Waals surface area contributed by atoms with Gasteiger partial charge in [-0.05, 0) is 66.2 Å². The molecule has 1 unspecified atom stereocenters. The molecule has 4 nitrogen and oxygen atoms in total. The van der Waals surface area contributed by atoms with Crippen LogP contribution in [0.4, 0.5) is 0 Å². The Hall–Kier alpha value is 0.0500. The number of aryl methyl sites for hydroxylation is 1. The fourth-order valence-corrected chi connectivity index (χ4v) is 5.02. The van der Waals surface area contributed by atoms with E-state index in [0.717, 1.165) is 35.9 Å². The van der Waals surface area contributed by atoms with Crippen LogP contribution in [0.15, 0.2) is 26.0 Å². The lowest BCUT2D eigenvalue weighted by Gasteiger charge is -2.22. The molecule has 0 saturated carbocycles. The predicted octanol–water partition coefficient (Wildman–Crippen LogP) is 3.76. The van der Waals surface area contributed by atoms with E-state index in [1.54, 1.807) is 12.1 Å². The van der Waals surface area contributed by atoms with Gasteiger partial charge in [0.15, 0.2) is 0 Å². The number of sulfonamides is 1. The quantitative estimate of drug-likeness (QED) is 0.758. The second-order valence-corrected chi connectivity index (χ2v) is 8.65. The van der Waals surface area contributed by atoms with Gasteiger partial charge >= 0.3 is 0 Å². The van der Waals surface area contributed by atoms with Gasteiger partial charge in [-0.25, -0.2) is 13.1 Å². The molecule has 118 valence electrons. The number of halogens is 2. The molecule has 1 N–H and O–H groups in total. The van der Waals surface area contributed by atoms with Crippen LogP contribution in [-0.4, -0.2) is 27.7 Å². The van der Waals surface area contributed by atoms with E-state index in [1.807, 2.05) is 6.92 Å². The van der Waals surface area contributed by atoms with Gasteiger partial charge in [-0.15, -0.1) is 0 Å². The molecule has 0 amide bonds. The molecule has 1 aromatic rings. The lowest BCUT2D eigenvalue weighted by atomic mass is 10.1. The van der Waals surface area contributed by atoms with Gasteiger partial charge in [0, 0.05) is 22.1 Å². The van der Waals surface area contributed by atoms with Gasteiger partial charge in [0.2, 0.25) is 10.0 Å². The van der Waals surface area contributed by atoms with Crippen LogP contribution in [0.25, 0.3) is 0 Å². The summed E-state index contributed by atoms with van der Waals surface area (Å²) in [5.41, 5.74) is 0.983. The number of ether oxygens (including phenoxy) is 1. The van der Waals surface area contributed by atoms with Crippen molar-refractivity contribution in [1.29, 1.82) is 0 Å². The molecule has 1 aromatic carbocycles. The average Bonchev–Trinajstić information content (AvgIpc) is 2.43. The molecule has 1 fully saturated rings. The van der Waals surface area contributed by atoms with E-state index in [-0.39, 0.29) is 11.0 Å². The second-order valence-electron chi connectivity index (χ2n) is 5.21. The van der Waals surface area contributed by atoms with Crippen molar-refractivity contribution >= 4 is 41.9 Å².